The zero-order valence-corrected chi connectivity index (χ0v) is 9.98. The lowest BCUT2D eigenvalue weighted by atomic mass is 10.0. The standard InChI is InChI=1S/C12H12ClNS/c1-8-6-10(7-15-8)12(14)9-2-4-11(13)5-3-9/h2-7,12H,14H2,1H3. The highest BCUT2D eigenvalue weighted by atomic mass is 35.5. The van der Waals surface area contributed by atoms with Crippen LogP contribution in [0.4, 0.5) is 0 Å². The van der Waals surface area contributed by atoms with Gasteiger partial charge in [-0.15, -0.1) is 11.3 Å². The van der Waals surface area contributed by atoms with Gasteiger partial charge in [0.1, 0.15) is 0 Å². The molecular weight excluding hydrogens is 226 g/mol. The summed E-state index contributed by atoms with van der Waals surface area (Å²) in [6.07, 6.45) is 0. The van der Waals surface area contributed by atoms with E-state index in [-0.39, 0.29) is 6.04 Å². The molecular formula is C12H12ClNS. The molecule has 0 bridgehead atoms. The molecule has 0 aliphatic carbocycles. The van der Waals surface area contributed by atoms with E-state index in [0.29, 0.717) is 0 Å². The molecule has 1 aromatic carbocycles. The summed E-state index contributed by atoms with van der Waals surface area (Å²) in [5.41, 5.74) is 8.40. The summed E-state index contributed by atoms with van der Waals surface area (Å²) >= 11 is 7.55. The highest BCUT2D eigenvalue weighted by molar-refractivity contribution is 7.10. The van der Waals surface area contributed by atoms with Gasteiger partial charge in [-0.3, -0.25) is 0 Å². The van der Waals surface area contributed by atoms with Crippen molar-refractivity contribution in [3.05, 3.63) is 56.7 Å². The number of hydrogen-bond donors (Lipinski definition) is 1. The van der Waals surface area contributed by atoms with Gasteiger partial charge >= 0.3 is 0 Å². The Balaban J connectivity index is 2.28. The van der Waals surface area contributed by atoms with Crippen molar-refractivity contribution in [1.82, 2.24) is 0 Å². The maximum Gasteiger partial charge on any atom is 0.0559 e. The minimum absolute atomic E-state index is 0.0489. The van der Waals surface area contributed by atoms with Crippen LogP contribution in [0.25, 0.3) is 0 Å². The molecule has 3 heteroatoms. The first-order valence-electron chi connectivity index (χ1n) is 4.73. The van der Waals surface area contributed by atoms with Crippen molar-refractivity contribution in [2.45, 2.75) is 13.0 Å². The molecule has 0 saturated heterocycles. The molecule has 15 heavy (non-hydrogen) atoms. The van der Waals surface area contributed by atoms with E-state index in [0.717, 1.165) is 10.6 Å². The molecule has 0 saturated carbocycles. The summed E-state index contributed by atoms with van der Waals surface area (Å²) in [7, 11) is 0. The van der Waals surface area contributed by atoms with Gasteiger partial charge in [0.25, 0.3) is 0 Å². The average Bonchev–Trinajstić information content (AvgIpc) is 2.65. The van der Waals surface area contributed by atoms with Crippen molar-refractivity contribution in [2.75, 3.05) is 0 Å². The molecule has 0 aliphatic rings. The first-order chi connectivity index (χ1) is 7.16. The maximum absolute atomic E-state index is 6.14. The zero-order valence-electron chi connectivity index (χ0n) is 8.41. The summed E-state index contributed by atoms with van der Waals surface area (Å²) in [6, 6.07) is 9.77. The lowest BCUT2D eigenvalue weighted by Gasteiger charge is -2.10. The van der Waals surface area contributed by atoms with Crippen LogP contribution >= 0.6 is 22.9 Å². The van der Waals surface area contributed by atoms with Gasteiger partial charge in [-0.2, -0.15) is 0 Å². The van der Waals surface area contributed by atoms with Gasteiger partial charge in [0.15, 0.2) is 0 Å². The van der Waals surface area contributed by atoms with Crippen molar-refractivity contribution in [3.8, 4) is 0 Å². The van der Waals surface area contributed by atoms with Gasteiger partial charge in [0.2, 0.25) is 0 Å². The molecule has 2 rings (SSSR count). The molecule has 1 unspecified atom stereocenters. The van der Waals surface area contributed by atoms with E-state index in [9.17, 15) is 0 Å². The third-order valence-corrected chi connectivity index (χ3v) is 3.47. The first kappa shape index (κ1) is 10.7. The fourth-order valence-electron chi connectivity index (χ4n) is 1.49. The number of hydrogen-bond acceptors (Lipinski definition) is 2. The Labute approximate surface area is 98.5 Å². The Kier molecular flexibility index (Phi) is 3.10. The van der Waals surface area contributed by atoms with Crippen LogP contribution in [0.15, 0.2) is 35.7 Å². The molecule has 2 N–H and O–H groups in total. The van der Waals surface area contributed by atoms with E-state index >= 15 is 0 Å². The summed E-state index contributed by atoms with van der Waals surface area (Å²) in [4.78, 5) is 1.29. The van der Waals surface area contributed by atoms with Crippen LogP contribution in [-0.4, -0.2) is 0 Å². The van der Waals surface area contributed by atoms with Crippen molar-refractivity contribution in [2.24, 2.45) is 5.73 Å². The Morgan fingerprint density at radius 1 is 1.20 bits per heavy atom. The summed E-state index contributed by atoms with van der Waals surface area (Å²) < 4.78 is 0. The minimum Gasteiger partial charge on any atom is -0.320 e. The van der Waals surface area contributed by atoms with Crippen LogP contribution in [0.2, 0.25) is 5.02 Å². The van der Waals surface area contributed by atoms with Crippen molar-refractivity contribution in [3.63, 3.8) is 0 Å². The molecule has 1 nitrogen and oxygen atoms in total. The summed E-state index contributed by atoms with van der Waals surface area (Å²) in [6.45, 7) is 2.09. The van der Waals surface area contributed by atoms with Gasteiger partial charge in [0.05, 0.1) is 6.04 Å². The smallest absolute Gasteiger partial charge is 0.0559 e. The Morgan fingerprint density at radius 2 is 1.87 bits per heavy atom. The van der Waals surface area contributed by atoms with Crippen molar-refractivity contribution < 1.29 is 0 Å². The van der Waals surface area contributed by atoms with Gasteiger partial charge in [-0.05, 0) is 41.6 Å². The van der Waals surface area contributed by atoms with Gasteiger partial charge in [0, 0.05) is 9.90 Å². The fourth-order valence-corrected chi connectivity index (χ4v) is 2.36. The molecule has 0 aliphatic heterocycles. The molecule has 1 heterocycles. The molecule has 0 fully saturated rings. The number of thiophene rings is 1. The highest BCUT2D eigenvalue weighted by Gasteiger charge is 2.09. The van der Waals surface area contributed by atoms with E-state index in [2.05, 4.69) is 18.4 Å². The van der Waals surface area contributed by atoms with Crippen molar-refractivity contribution in [1.29, 1.82) is 0 Å². The van der Waals surface area contributed by atoms with Crippen LogP contribution < -0.4 is 5.73 Å². The average molecular weight is 238 g/mol. The normalized spacial score (nSPS) is 12.7. The largest absolute Gasteiger partial charge is 0.320 e. The predicted molar refractivity (Wildman–Crippen MR) is 66.5 cm³/mol. The molecule has 1 aromatic heterocycles. The van der Waals surface area contributed by atoms with Crippen LogP contribution in [0.3, 0.4) is 0 Å². The van der Waals surface area contributed by atoms with Gasteiger partial charge in [-0.25, -0.2) is 0 Å². The maximum atomic E-state index is 6.14. The third-order valence-electron chi connectivity index (χ3n) is 2.34. The number of rotatable bonds is 2. The summed E-state index contributed by atoms with van der Waals surface area (Å²) in [5.74, 6) is 0. The highest BCUT2D eigenvalue weighted by Crippen LogP contribution is 2.25. The second-order valence-corrected chi connectivity index (χ2v) is 5.07. The summed E-state index contributed by atoms with van der Waals surface area (Å²) in [5, 5.41) is 2.85. The molecule has 0 amide bonds. The number of benzene rings is 1. The van der Waals surface area contributed by atoms with E-state index < -0.39 is 0 Å². The van der Waals surface area contributed by atoms with E-state index in [1.165, 1.54) is 10.4 Å². The lowest BCUT2D eigenvalue weighted by Crippen LogP contribution is -2.10. The fraction of sp³-hybridized carbons (Fsp3) is 0.167. The van der Waals surface area contributed by atoms with E-state index in [1.807, 2.05) is 24.3 Å². The number of aryl methyl sites for hydroxylation is 1. The SMILES string of the molecule is Cc1cc(C(N)c2ccc(Cl)cc2)cs1. The third kappa shape index (κ3) is 2.40. The quantitative estimate of drug-likeness (QED) is 0.846. The van der Waals surface area contributed by atoms with Crippen molar-refractivity contribution >= 4 is 22.9 Å². The van der Waals surface area contributed by atoms with Crippen LogP contribution in [0.5, 0.6) is 0 Å². The van der Waals surface area contributed by atoms with Crippen LogP contribution in [-0.2, 0) is 0 Å². The Morgan fingerprint density at radius 3 is 2.40 bits per heavy atom. The van der Waals surface area contributed by atoms with E-state index in [4.69, 9.17) is 17.3 Å². The predicted octanol–water partition coefficient (Wildman–Crippen LogP) is 3.76. The zero-order chi connectivity index (χ0) is 10.8. The van der Waals surface area contributed by atoms with Gasteiger partial charge < -0.3 is 5.73 Å². The molecule has 0 radical (unpaired) electrons. The second-order valence-electron chi connectivity index (χ2n) is 3.52. The molecule has 0 spiro atoms. The molecule has 2 aromatic rings. The monoisotopic (exact) mass is 237 g/mol. The number of halogens is 1. The molecule has 78 valence electrons. The number of nitrogens with two attached hydrogens (primary N) is 1. The first-order valence-corrected chi connectivity index (χ1v) is 5.98. The van der Waals surface area contributed by atoms with Crippen LogP contribution in [0.1, 0.15) is 22.0 Å². The van der Waals surface area contributed by atoms with Crippen LogP contribution in [0, 0.1) is 6.92 Å². The lowest BCUT2D eigenvalue weighted by molar-refractivity contribution is 0.876. The van der Waals surface area contributed by atoms with E-state index in [1.54, 1.807) is 11.3 Å². The Hall–Kier alpha value is -0.830. The minimum atomic E-state index is -0.0489. The topological polar surface area (TPSA) is 26.0 Å². The Bertz CT molecular complexity index is 447. The van der Waals surface area contributed by atoms with Gasteiger partial charge in [-0.1, -0.05) is 23.7 Å². The second kappa shape index (κ2) is 4.35. The molecule has 1 atom stereocenters.